The Balaban J connectivity index is 2.13. The van der Waals surface area contributed by atoms with E-state index in [9.17, 15) is 13.2 Å². The lowest BCUT2D eigenvalue weighted by Crippen LogP contribution is -2.25. The van der Waals surface area contributed by atoms with Crippen molar-refractivity contribution in [2.75, 3.05) is 14.1 Å². The molecule has 2 aromatic rings. The van der Waals surface area contributed by atoms with Crippen LogP contribution in [0.25, 0.3) is 0 Å². The number of rotatable bonds is 5. The molecule has 1 amide bonds. The van der Waals surface area contributed by atoms with Gasteiger partial charge in [0.2, 0.25) is 5.09 Å². The minimum absolute atomic E-state index is 0.0322. The molecule has 0 radical (unpaired) electrons. The van der Waals surface area contributed by atoms with Gasteiger partial charge in [0.25, 0.3) is 15.9 Å². The Morgan fingerprint density at radius 2 is 2.19 bits per heavy atom. The fraction of sp³-hybridized carbons (Fsp3) is 0.333. The first kappa shape index (κ1) is 15.3. The Morgan fingerprint density at radius 1 is 1.48 bits per heavy atom. The molecule has 2 aromatic heterocycles. The van der Waals surface area contributed by atoms with Gasteiger partial charge in [-0.2, -0.15) is 5.10 Å². The monoisotopic (exact) mass is 312 g/mol. The molecule has 0 fully saturated rings. The number of aromatic nitrogens is 2. The van der Waals surface area contributed by atoms with Crippen molar-refractivity contribution in [2.24, 2.45) is 7.05 Å². The van der Waals surface area contributed by atoms with Gasteiger partial charge in [-0.05, 0) is 19.2 Å². The number of nitrogens with one attached hydrogen (secondary N) is 1. The van der Waals surface area contributed by atoms with Gasteiger partial charge in [0, 0.05) is 32.4 Å². The maximum absolute atomic E-state index is 12.2. The second-order valence-electron chi connectivity index (χ2n) is 4.51. The summed E-state index contributed by atoms with van der Waals surface area (Å²) in [4.78, 5) is 13.6. The highest BCUT2D eigenvalue weighted by molar-refractivity contribution is 7.89. The maximum Gasteiger partial charge on any atom is 0.289 e. The standard InChI is InChI=1S/C12H16N4O4S/c1-13-21(18,19)11-5-4-10(20-11)12(17)15(2)7-9-6-14-16(3)8-9/h4-6,8,13H,7H2,1-3H3. The second kappa shape index (κ2) is 5.70. The Morgan fingerprint density at radius 3 is 2.76 bits per heavy atom. The number of furan rings is 1. The van der Waals surface area contributed by atoms with E-state index in [1.165, 1.54) is 24.1 Å². The topological polar surface area (TPSA) is 97.4 Å². The van der Waals surface area contributed by atoms with Crippen LogP contribution in [0.2, 0.25) is 0 Å². The molecule has 9 heteroatoms. The lowest BCUT2D eigenvalue weighted by molar-refractivity contribution is 0.0747. The highest BCUT2D eigenvalue weighted by atomic mass is 32.2. The third-order valence-corrected chi connectivity index (χ3v) is 4.14. The van der Waals surface area contributed by atoms with Crippen molar-refractivity contribution < 1.29 is 17.6 Å². The van der Waals surface area contributed by atoms with Crippen LogP contribution in [-0.4, -0.2) is 43.1 Å². The van der Waals surface area contributed by atoms with Crippen LogP contribution >= 0.6 is 0 Å². The van der Waals surface area contributed by atoms with Gasteiger partial charge in [0.05, 0.1) is 6.20 Å². The molecule has 2 rings (SSSR count). The van der Waals surface area contributed by atoms with Crippen molar-refractivity contribution in [1.82, 2.24) is 19.4 Å². The van der Waals surface area contributed by atoms with Gasteiger partial charge < -0.3 is 9.32 Å². The summed E-state index contributed by atoms with van der Waals surface area (Å²) in [5.74, 6) is -0.438. The molecule has 0 aliphatic rings. The van der Waals surface area contributed by atoms with Crippen molar-refractivity contribution in [1.29, 1.82) is 0 Å². The molecule has 21 heavy (non-hydrogen) atoms. The fourth-order valence-corrected chi connectivity index (χ4v) is 2.42. The summed E-state index contributed by atoms with van der Waals surface area (Å²) in [6, 6.07) is 2.59. The summed E-state index contributed by atoms with van der Waals surface area (Å²) in [5.41, 5.74) is 0.864. The van der Waals surface area contributed by atoms with Crippen LogP contribution in [0, 0.1) is 0 Å². The van der Waals surface area contributed by atoms with E-state index in [4.69, 9.17) is 4.42 Å². The van der Waals surface area contributed by atoms with Crippen molar-refractivity contribution in [3.05, 3.63) is 35.9 Å². The number of carbonyl (C=O) groups is 1. The van der Waals surface area contributed by atoms with Crippen molar-refractivity contribution in [3.63, 3.8) is 0 Å². The third kappa shape index (κ3) is 3.31. The molecule has 0 saturated heterocycles. The number of nitrogens with zero attached hydrogens (tertiary/aromatic N) is 3. The summed E-state index contributed by atoms with van der Waals surface area (Å²) in [7, 11) is 0.965. The molecule has 0 unspecified atom stereocenters. The van der Waals surface area contributed by atoms with E-state index in [-0.39, 0.29) is 10.9 Å². The molecule has 0 aliphatic heterocycles. The van der Waals surface area contributed by atoms with Crippen molar-refractivity contribution in [2.45, 2.75) is 11.6 Å². The zero-order valence-corrected chi connectivity index (χ0v) is 12.7. The zero-order chi connectivity index (χ0) is 15.6. The molecule has 0 saturated carbocycles. The normalized spacial score (nSPS) is 11.6. The average Bonchev–Trinajstić information content (AvgIpc) is 3.07. The Labute approximate surface area is 122 Å². The van der Waals surface area contributed by atoms with Crippen LogP contribution < -0.4 is 4.72 Å². The van der Waals surface area contributed by atoms with Gasteiger partial charge >= 0.3 is 0 Å². The van der Waals surface area contributed by atoms with E-state index < -0.39 is 15.9 Å². The highest BCUT2D eigenvalue weighted by Gasteiger charge is 2.21. The number of sulfonamides is 1. The van der Waals surface area contributed by atoms with E-state index in [0.29, 0.717) is 6.54 Å². The number of amides is 1. The molecule has 2 heterocycles. The quantitative estimate of drug-likeness (QED) is 0.850. The van der Waals surface area contributed by atoms with E-state index >= 15 is 0 Å². The van der Waals surface area contributed by atoms with Gasteiger partial charge in [-0.1, -0.05) is 0 Å². The van der Waals surface area contributed by atoms with Crippen LogP contribution in [0.1, 0.15) is 16.1 Å². The predicted molar refractivity (Wildman–Crippen MR) is 74.0 cm³/mol. The Hall–Kier alpha value is -2.13. The summed E-state index contributed by atoms with van der Waals surface area (Å²) >= 11 is 0. The fourth-order valence-electron chi connectivity index (χ4n) is 1.77. The van der Waals surface area contributed by atoms with E-state index in [1.807, 2.05) is 0 Å². The highest BCUT2D eigenvalue weighted by Crippen LogP contribution is 2.15. The third-order valence-electron chi connectivity index (χ3n) is 2.85. The smallest absolute Gasteiger partial charge is 0.289 e. The first-order valence-corrected chi connectivity index (χ1v) is 7.58. The molecule has 0 spiro atoms. The summed E-state index contributed by atoms with van der Waals surface area (Å²) in [6.07, 6.45) is 3.45. The van der Waals surface area contributed by atoms with Crippen LogP contribution in [0.3, 0.4) is 0 Å². The van der Waals surface area contributed by atoms with Gasteiger partial charge in [-0.15, -0.1) is 0 Å². The molecule has 0 aliphatic carbocycles. The van der Waals surface area contributed by atoms with Gasteiger partial charge in [-0.25, -0.2) is 13.1 Å². The minimum Gasteiger partial charge on any atom is -0.438 e. The number of carbonyl (C=O) groups excluding carboxylic acids is 1. The number of hydrogen-bond acceptors (Lipinski definition) is 5. The Kier molecular flexibility index (Phi) is 4.14. The maximum atomic E-state index is 12.2. The van der Waals surface area contributed by atoms with E-state index in [1.54, 1.807) is 31.2 Å². The molecule has 0 bridgehead atoms. The lowest BCUT2D eigenvalue weighted by Gasteiger charge is -2.14. The van der Waals surface area contributed by atoms with Gasteiger partial charge in [0.15, 0.2) is 5.76 Å². The summed E-state index contributed by atoms with van der Waals surface area (Å²) < 4.78 is 32.0. The molecule has 8 nitrogen and oxygen atoms in total. The van der Waals surface area contributed by atoms with E-state index in [0.717, 1.165) is 5.56 Å². The largest absolute Gasteiger partial charge is 0.438 e. The van der Waals surface area contributed by atoms with Gasteiger partial charge in [-0.3, -0.25) is 9.48 Å². The Bertz CT molecular complexity index is 747. The molecule has 114 valence electrons. The first-order valence-electron chi connectivity index (χ1n) is 6.10. The van der Waals surface area contributed by atoms with Crippen LogP contribution in [0.5, 0.6) is 0 Å². The second-order valence-corrected chi connectivity index (χ2v) is 6.33. The predicted octanol–water partition coefficient (Wildman–Crippen LogP) is 0.193. The molecule has 0 aromatic carbocycles. The molecule has 0 atom stereocenters. The first-order chi connectivity index (χ1) is 9.83. The van der Waals surface area contributed by atoms with E-state index in [2.05, 4.69) is 9.82 Å². The number of hydrogen-bond donors (Lipinski definition) is 1. The minimum atomic E-state index is -3.69. The van der Waals surface area contributed by atoms with Crippen LogP contribution in [0.4, 0.5) is 0 Å². The van der Waals surface area contributed by atoms with Crippen molar-refractivity contribution in [3.8, 4) is 0 Å². The zero-order valence-electron chi connectivity index (χ0n) is 11.9. The molecule has 1 N–H and O–H groups in total. The SMILES string of the molecule is CNS(=O)(=O)c1ccc(C(=O)N(C)Cc2cnn(C)c2)o1. The average molecular weight is 312 g/mol. The van der Waals surface area contributed by atoms with Crippen LogP contribution in [-0.2, 0) is 23.6 Å². The van der Waals surface area contributed by atoms with Crippen LogP contribution in [0.15, 0.2) is 34.0 Å². The van der Waals surface area contributed by atoms with Crippen molar-refractivity contribution >= 4 is 15.9 Å². The number of aryl methyl sites for hydroxylation is 1. The molecular formula is C12H16N4O4S. The summed E-state index contributed by atoms with van der Waals surface area (Å²) in [6.45, 7) is 0.349. The lowest BCUT2D eigenvalue weighted by atomic mass is 10.3. The van der Waals surface area contributed by atoms with Gasteiger partial charge in [0.1, 0.15) is 0 Å². The summed E-state index contributed by atoms with van der Waals surface area (Å²) in [5, 5.41) is 3.73. The molecular weight excluding hydrogens is 296 g/mol.